The van der Waals surface area contributed by atoms with E-state index in [4.69, 9.17) is 5.73 Å². The fourth-order valence-corrected chi connectivity index (χ4v) is 3.46. The molecule has 4 nitrogen and oxygen atoms in total. The van der Waals surface area contributed by atoms with E-state index >= 15 is 0 Å². The third kappa shape index (κ3) is 1.82. The molecule has 1 aliphatic rings. The first-order valence-corrected chi connectivity index (χ1v) is 7.25. The van der Waals surface area contributed by atoms with Gasteiger partial charge >= 0.3 is 0 Å². The number of fused-ring (bicyclic) bond motifs is 1. The SMILES string of the molecule is CCC1(Nc2nc(N)nc3sc(C)cc23)CCC1. The molecule has 0 aliphatic heterocycles. The van der Waals surface area contributed by atoms with Crippen molar-refractivity contribution in [3.05, 3.63) is 10.9 Å². The van der Waals surface area contributed by atoms with Crippen molar-refractivity contribution < 1.29 is 0 Å². The standard InChI is InChI=1S/C13H18N4S/c1-3-13(5-4-6-13)17-10-9-7-8(2)18-11(9)16-12(14)15-10/h7H,3-6H2,1-2H3,(H3,14,15,16,17). The van der Waals surface area contributed by atoms with E-state index in [-0.39, 0.29) is 5.54 Å². The van der Waals surface area contributed by atoms with Gasteiger partial charge in [-0.15, -0.1) is 11.3 Å². The summed E-state index contributed by atoms with van der Waals surface area (Å²) in [5.74, 6) is 1.26. The molecule has 3 N–H and O–H groups in total. The van der Waals surface area contributed by atoms with Gasteiger partial charge in [-0.05, 0) is 38.7 Å². The summed E-state index contributed by atoms with van der Waals surface area (Å²) in [4.78, 5) is 10.9. The second-order valence-corrected chi connectivity index (χ2v) is 6.35. The Kier molecular flexibility index (Phi) is 2.66. The van der Waals surface area contributed by atoms with Crippen LogP contribution in [0, 0.1) is 6.92 Å². The van der Waals surface area contributed by atoms with Crippen LogP contribution >= 0.6 is 11.3 Å². The van der Waals surface area contributed by atoms with Gasteiger partial charge in [-0.2, -0.15) is 4.98 Å². The van der Waals surface area contributed by atoms with Gasteiger partial charge < -0.3 is 11.1 Å². The Hall–Kier alpha value is -1.36. The maximum Gasteiger partial charge on any atom is 0.223 e. The minimum Gasteiger partial charge on any atom is -0.368 e. The molecular weight excluding hydrogens is 244 g/mol. The zero-order valence-corrected chi connectivity index (χ0v) is 11.6. The number of nitrogen functional groups attached to an aromatic ring is 1. The number of nitrogens with zero attached hydrogens (tertiary/aromatic N) is 2. The van der Waals surface area contributed by atoms with Gasteiger partial charge in [0.1, 0.15) is 10.6 Å². The lowest BCUT2D eigenvalue weighted by atomic mass is 9.75. The number of anilines is 2. The lowest BCUT2D eigenvalue weighted by molar-refractivity contribution is 0.269. The van der Waals surface area contributed by atoms with Crippen LogP contribution in [-0.4, -0.2) is 15.5 Å². The van der Waals surface area contributed by atoms with Gasteiger partial charge in [0.2, 0.25) is 5.95 Å². The normalized spacial score (nSPS) is 17.7. The van der Waals surface area contributed by atoms with Crippen LogP contribution in [0.2, 0.25) is 0 Å². The number of thiophene rings is 1. The van der Waals surface area contributed by atoms with Crippen molar-refractivity contribution in [1.29, 1.82) is 0 Å². The van der Waals surface area contributed by atoms with Crippen LogP contribution < -0.4 is 11.1 Å². The maximum absolute atomic E-state index is 5.80. The zero-order chi connectivity index (χ0) is 12.8. The lowest BCUT2D eigenvalue weighted by Gasteiger charge is -2.42. The van der Waals surface area contributed by atoms with Crippen LogP contribution in [0.4, 0.5) is 11.8 Å². The molecule has 0 bridgehead atoms. The molecule has 3 rings (SSSR count). The predicted octanol–water partition coefficient (Wildman–Crippen LogP) is 3.33. The van der Waals surface area contributed by atoms with E-state index in [1.165, 1.54) is 24.1 Å². The summed E-state index contributed by atoms with van der Waals surface area (Å²) in [6, 6.07) is 2.14. The number of hydrogen-bond acceptors (Lipinski definition) is 5. The quantitative estimate of drug-likeness (QED) is 0.890. The molecule has 18 heavy (non-hydrogen) atoms. The number of aromatic nitrogens is 2. The molecule has 96 valence electrons. The summed E-state index contributed by atoms with van der Waals surface area (Å²) >= 11 is 1.67. The fourth-order valence-electron chi connectivity index (χ4n) is 2.58. The van der Waals surface area contributed by atoms with Gasteiger partial charge in [0.05, 0.1) is 5.39 Å². The van der Waals surface area contributed by atoms with Crippen LogP contribution in [0.25, 0.3) is 10.2 Å². The lowest BCUT2D eigenvalue weighted by Crippen LogP contribution is -2.44. The summed E-state index contributed by atoms with van der Waals surface area (Å²) in [6.45, 7) is 4.32. The highest BCUT2D eigenvalue weighted by Gasteiger charge is 2.35. The monoisotopic (exact) mass is 262 g/mol. The largest absolute Gasteiger partial charge is 0.368 e. The number of nitrogens with one attached hydrogen (secondary N) is 1. The van der Waals surface area contributed by atoms with Gasteiger partial charge in [-0.1, -0.05) is 6.92 Å². The van der Waals surface area contributed by atoms with Crippen LogP contribution in [0.15, 0.2) is 6.07 Å². The minimum absolute atomic E-state index is 0.226. The van der Waals surface area contributed by atoms with Crippen LogP contribution in [0.3, 0.4) is 0 Å². The highest BCUT2D eigenvalue weighted by atomic mass is 32.1. The van der Waals surface area contributed by atoms with Crippen molar-refractivity contribution in [2.24, 2.45) is 0 Å². The summed E-state index contributed by atoms with van der Waals surface area (Å²) in [6.07, 6.45) is 4.87. The van der Waals surface area contributed by atoms with Crippen molar-refractivity contribution in [3.8, 4) is 0 Å². The Labute approximate surface area is 111 Å². The van der Waals surface area contributed by atoms with Crippen molar-refractivity contribution in [1.82, 2.24) is 9.97 Å². The first-order valence-electron chi connectivity index (χ1n) is 6.44. The zero-order valence-electron chi connectivity index (χ0n) is 10.8. The molecule has 1 fully saturated rings. The average molecular weight is 262 g/mol. The topological polar surface area (TPSA) is 63.8 Å². The van der Waals surface area contributed by atoms with Gasteiger partial charge in [0.25, 0.3) is 0 Å². The second kappa shape index (κ2) is 4.09. The maximum atomic E-state index is 5.80. The molecule has 2 aromatic rings. The van der Waals surface area contributed by atoms with Crippen molar-refractivity contribution in [2.45, 2.75) is 45.1 Å². The molecule has 0 aromatic carbocycles. The Morgan fingerprint density at radius 2 is 2.22 bits per heavy atom. The number of rotatable bonds is 3. The molecule has 0 spiro atoms. The van der Waals surface area contributed by atoms with Crippen LogP contribution in [-0.2, 0) is 0 Å². The molecule has 5 heteroatoms. The Balaban J connectivity index is 2.04. The van der Waals surface area contributed by atoms with Gasteiger partial charge in [-0.25, -0.2) is 4.98 Å². The van der Waals surface area contributed by atoms with E-state index < -0.39 is 0 Å². The molecule has 0 amide bonds. The van der Waals surface area contributed by atoms with E-state index in [0.717, 1.165) is 22.5 Å². The number of aryl methyl sites for hydroxylation is 1. The molecule has 0 saturated heterocycles. The van der Waals surface area contributed by atoms with E-state index in [1.54, 1.807) is 11.3 Å². The summed E-state index contributed by atoms with van der Waals surface area (Å²) in [7, 11) is 0. The Bertz CT molecular complexity index is 580. The third-order valence-electron chi connectivity index (χ3n) is 3.90. The first-order chi connectivity index (χ1) is 8.62. The summed E-state index contributed by atoms with van der Waals surface area (Å²) in [5.41, 5.74) is 6.02. The Morgan fingerprint density at radius 1 is 1.44 bits per heavy atom. The number of hydrogen-bond donors (Lipinski definition) is 2. The third-order valence-corrected chi connectivity index (χ3v) is 4.85. The van der Waals surface area contributed by atoms with Crippen molar-refractivity contribution >= 4 is 33.3 Å². The summed E-state index contributed by atoms with van der Waals surface area (Å²) < 4.78 is 0. The molecule has 1 saturated carbocycles. The van der Waals surface area contributed by atoms with E-state index in [2.05, 4.69) is 35.2 Å². The molecule has 0 radical (unpaired) electrons. The molecule has 0 atom stereocenters. The van der Waals surface area contributed by atoms with Gasteiger partial charge in [0, 0.05) is 10.4 Å². The van der Waals surface area contributed by atoms with Crippen molar-refractivity contribution in [3.63, 3.8) is 0 Å². The first kappa shape index (κ1) is 11.7. The highest BCUT2D eigenvalue weighted by Crippen LogP contribution is 2.39. The van der Waals surface area contributed by atoms with Gasteiger partial charge in [-0.3, -0.25) is 0 Å². The molecule has 1 aliphatic carbocycles. The fraction of sp³-hybridized carbons (Fsp3) is 0.538. The van der Waals surface area contributed by atoms with E-state index in [0.29, 0.717) is 5.95 Å². The predicted molar refractivity (Wildman–Crippen MR) is 77.1 cm³/mol. The molecule has 0 unspecified atom stereocenters. The smallest absolute Gasteiger partial charge is 0.223 e. The second-order valence-electron chi connectivity index (χ2n) is 5.12. The van der Waals surface area contributed by atoms with E-state index in [9.17, 15) is 0 Å². The van der Waals surface area contributed by atoms with Crippen molar-refractivity contribution in [2.75, 3.05) is 11.1 Å². The van der Waals surface area contributed by atoms with E-state index in [1.807, 2.05) is 0 Å². The Morgan fingerprint density at radius 3 is 2.83 bits per heavy atom. The van der Waals surface area contributed by atoms with Gasteiger partial charge in [0.15, 0.2) is 0 Å². The number of nitrogens with two attached hydrogens (primary N) is 1. The van der Waals surface area contributed by atoms with Crippen LogP contribution in [0.5, 0.6) is 0 Å². The minimum atomic E-state index is 0.226. The average Bonchev–Trinajstić information content (AvgIpc) is 2.63. The molecular formula is C13H18N4S. The molecule has 2 aromatic heterocycles. The summed E-state index contributed by atoms with van der Waals surface area (Å²) in [5, 5.41) is 4.72. The highest BCUT2D eigenvalue weighted by molar-refractivity contribution is 7.18. The molecule has 2 heterocycles. The van der Waals surface area contributed by atoms with Crippen LogP contribution in [0.1, 0.15) is 37.5 Å².